The van der Waals surface area contributed by atoms with Gasteiger partial charge in [-0.15, -0.1) is 0 Å². The molecule has 1 atom stereocenters. The first-order valence-corrected chi connectivity index (χ1v) is 8.75. The van der Waals surface area contributed by atoms with E-state index in [4.69, 9.17) is 4.74 Å². The monoisotopic (exact) mass is 418 g/mol. The van der Waals surface area contributed by atoms with Gasteiger partial charge in [-0.05, 0) is 76.2 Å². The second kappa shape index (κ2) is 7.61. The Bertz CT molecular complexity index is 495. The third-order valence-corrected chi connectivity index (χ3v) is 4.42. The first-order chi connectivity index (χ1) is 10.0. The van der Waals surface area contributed by atoms with E-state index in [1.807, 2.05) is 19.1 Å². The van der Waals surface area contributed by atoms with Crippen molar-refractivity contribution < 1.29 is 9.53 Å². The van der Waals surface area contributed by atoms with Crippen LogP contribution in [-0.2, 0) is 11.3 Å². The van der Waals surface area contributed by atoms with Crippen molar-refractivity contribution in [3.05, 3.63) is 26.6 Å². The van der Waals surface area contributed by atoms with Crippen molar-refractivity contribution >= 4 is 37.8 Å². The Labute approximate surface area is 142 Å². The molecular weight excluding hydrogens is 400 g/mol. The summed E-state index contributed by atoms with van der Waals surface area (Å²) in [7, 11) is 0. The molecule has 4 nitrogen and oxygen atoms in total. The average Bonchev–Trinajstić information content (AvgIpc) is 3.24. The third-order valence-electron chi connectivity index (χ3n) is 3.25. The van der Waals surface area contributed by atoms with Gasteiger partial charge < -0.3 is 15.4 Å². The van der Waals surface area contributed by atoms with Crippen LogP contribution in [0.4, 0.5) is 0 Å². The van der Waals surface area contributed by atoms with E-state index >= 15 is 0 Å². The van der Waals surface area contributed by atoms with Crippen molar-refractivity contribution in [2.24, 2.45) is 0 Å². The maximum Gasteiger partial charge on any atom is 0.260 e. The van der Waals surface area contributed by atoms with Crippen LogP contribution in [-0.4, -0.2) is 24.6 Å². The SMILES string of the molecule is CCNC(=O)C(C)Oc1c(Br)cc(CNC2CC2)cc1Br. The highest BCUT2D eigenvalue weighted by Crippen LogP contribution is 2.35. The van der Waals surface area contributed by atoms with Crippen LogP contribution >= 0.6 is 31.9 Å². The number of ether oxygens (including phenoxy) is 1. The molecule has 1 aromatic carbocycles. The Morgan fingerprint density at radius 2 is 2.00 bits per heavy atom. The van der Waals surface area contributed by atoms with E-state index in [1.165, 1.54) is 18.4 Å². The normalized spacial score (nSPS) is 15.6. The topological polar surface area (TPSA) is 50.4 Å². The Balaban J connectivity index is 2.03. The summed E-state index contributed by atoms with van der Waals surface area (Å²) in [5.74, 6) is 0.541. The van der Waals surface area contributed by atoms with Crippen LogP contribution < -0.4 is 15.4 Å². The van der Waals surface area contributed by atoms with Crippen LogP contribution in [0.3, 0.4) is 0 Å². The smallest absolute Gasteiger partial charge is 0.260 e. The fourth-order valence-corrected chi connectivity index (χ4v) is 3.39. The molecule has 0 bridgehead atoms. The fraction of sp³-hybridized carbons (Fsp3) is 0.533. The van der Waals surface area contributed by atoms with Gasteiger partial charge in [0.15, 0.2) is 6.10 Å². The van der Waals surface area contributed by atoms with Gasteiger partial charge in [0.2, 0.25) is 0 Å². The molecule has 0 aromatic heterocycles. The Morgan fingerprint density at radius 3 is 2.52 bits per heavy atom. The number of hydrogen-bond donors (Lipinski definition) is 2. The third kappa shape index (κ3) is 4.97. The molecule has 0 radical (unpaired) electrons. The minimum absolute atomic E-state index is 0.115. The summed E-state index contributed by atoms with van der Waals surface area (Å²) in [6, 6.07) is 4.73. The van der Waals surface area contributed by atoms with Gasteiger partial charge in [0.25, 0.3) is 5.91 Å². The molecule has 0 heterocycles. The lowest BCUT2D eigenvalue weighted by Gasteiger charge is -2.17. The molecule has 1 fully saturated rings. The molecule has 0 aliphatic heterocycles. The van der Waals surface area contributed by atoms with Crippen LogP contribution in [0.5, 0.6) is 5.75 Å². The van der Waals surface area contributed by atoms with Gasteiger partial charge in [-0.1, -0.05) is 0 Å². The van der Waals surface area contributed by atoms with Gasteiger partial charge in [0.05, 0.1) is 8.95 Å². The molecule has 6 heteroatoms. The molecule has 2 rings (SSSR count). The van der Waals surface area contributed by atoms with Gasteiger partial charge in [-0.3, -0.25) is 4.79 Å². The number of carbonyl (C=O) groups is 1. The van der Waals surface area contributed by atoms with Crippen molar-refractivity contribution in [1.29, 1.82) is 0 Å². The molecule has 1 unspecified atom stereocenters. The number of carbonyl (C=O) groups excluding carboxylic acids is 1. The second-order valence-corrected chi connectivity index (χ2v) is 6.91. The van der Waals surface area contributed by atoms with E-state index in [-0.39, 0.29) is 5.91 Å². The molecule has 1 saturated carbocycles. The van der Waals surface area contributed by atoms with Crippen LogP contribution in [0, 0.1) is 0 Å². The zero-order valence-electron chi connectivity index (χ0n) is 12.2. The lowest BCUT2D eigenvalue weighted by Crippen LogP contribution is -2.36. The van der Waals surface area contributed by atoms with Crippen molar-refractivity contribution in [3.8, 4) is 5.75 Å². The predicted molar refractivity (Wildman–Crippen MR) is 90.5 cm³/mol. The quantitative estimate of drug-likeness (QED) is 0.712. The highest BCUT2D eigenvalue weighted by atomic mass is 79.9. The molecule has 1 aliphatic rings. The lowest BCUT2D eigenvalue weighted by atomic mass is 10.2. The Morgan fingerprint density at radius 1 is 1.38 bits per heavy atom. The van der Waals surface area contributed by atoms with Crippen LogP contribution in [0.2, 0.25) is 0 Å². The fourth-order valence-electron chi connectivity index (χ4n) is 1.92. The highest BCUT2D eigenvalue weighted by molar-refractivity contribution is 9.11. The molecule has 0 saturated heterocycles. The van der Waals surface area contributed by atoms with Gasteiger partial charge in [-0.25, -0.2) is 0 Å². The summed E-state index contributed by atoms with van der Waals surface area (Å²) in [6.45, 7) is 5.07. The molecule has 1 aromatic rings. The van der Waals surface area contributed by atoms with Crippen molar-refractivity contribution in [3.63, 3.8) is 0 Å². The van der Waals surface area contributed by atoms with Crippen molar-refractivity contribution in [2.45, 2.75) is 45.4 Å². The van der Waals surface area contributed by atoms with Crippen LogP contribution in [0.25, 0.3) is 0 Å². The first-order valence-electron chi connectivity index (χ1n) is 7.17. The standard InChI is InChI=1S/C15H20Br2N2O2/c1-3-18-15(20)9(2)21-14-12(16)6-10(7-13(14)17)8-19-11-4-5-11/h6-7,9,11,19H,3-5,8H2,1-2H3,(H,18,20). The Hall–Kier alpha value is -0.590. The number of hydrogen-bond acceptors (Lipinski definition) is 3. The summed E-state index contributed by atoms with van der Waals surface area (Å²) in [4.78, 5) is 11.7. The summed E-state index contributed by atoms with van der Waals surface area (Å²) in [5.41, 5.74) is 1.18. The van der Waals surface area contributed by atoms with Gasteiger partial charge in [-0.2, -0.15) is 0 Å². The van der Waals surface area contributed by atoms with Gasteiger partial charge >= 0.3 is 0 Å². The minimum atomic E-state index is -0.534. The predicted octanol–water partition coefficient (Wildman–Crippen LogP) is 3.37. The van der Waals surface area contributed by atoms with Crippen molar-refractivity contribution in [2.75, 3.05) is 6.54 Å². The van der Waals surface area contributed by atoms with E-state index in [2.05, 4.69) is 42.5 Å². The number of rotatable bonds is 7. The number of halogens is 2. The largest absolute Gasteiger partial charge is 0.479 e. The number of nitrogens with one attached hydrogen (secondary N) is 2. The summed E-state index contributed by atoms with van der Waals surface area (Å²) in [6.07, 6.45) is 2.01. The zero-order chi connectivity index (χ0) is 15.4. The minimum Gasteiger partial charge on any atom is -0.479 e. The second-order valence-electron chi connectivity index (χ2n) is 5.20. The molecule has 0 spiro atoms. The van der Waals surface area contributed by atoms with E-state index in [9.17, 15) is 4.79 Å². The first kappa shape index (κ1) is 16.8. The molecule has 116 valence electrons. The van der Waals surface area contributed by atoms with E-state index in [0.29, 0.717) is 18.3 Å². The highest BCUT2D eigenvalue weighted by Gasteiger charge is 2.21. The van der Waals surface area contributed by atoms with Crippen LogP contribution in [0.15, 0.2) is 21.1 Å². The maximum atomic E-state index is 11.7. The molecule has 21 heavy (non-hydrogen) atoms. The van der Waals surface area contributed by atoms with Gasteiger partial charge in [0.1, 0.15) is 5.75 Å². The molecular formula is C15H20Br2N2O2. The van der Waals surface area contributed by atoms with Crippen molar-refractivity contribution in [1.82, 2.24) is 10.6 Å². The Kier molecular flexibility index (Phi) is 6.08. The average molecular weight is 420 g/mol. The summed E-state index contributed by atoms with van der Waals surface area (Å²) >= 11 is 7.05. The zero-order valence-corrected chi connectivity index (χ0v) is 15.4. The maximum absolute atomic E-state index is 11.7. The van der Waals surface area contributed by atoms with E-state index in [0.717, 1.165) is 15.5 Å². The van der Waals surface area contributed by atoms with E-state index in [1.54, 1.807) is 6.92 Å². The number of benzene rings is 1. The molecule has 1 aliphatic carbocycles. The van der Waals surface area contributed by atoms with Crippen LogP contribution in [0.1, 0.15) is 32.3 Å². The number of amides is 1. The molecule has 2 N–H and O–H groups in total. The van der Waals surface area contributed by atoms with Gasteiger partial charge in [0, 0.05) is 19.1 Å². The lowest BCUT2D eigenvalue weighted by molar-refractivity contribution is -0.127. The molecule has 1 amide bonds. The van der Waals surface area contributed by atoms with E-state index < -0.39 is 6.10 Å². The number of likely N-dealkylation sites (N-methyl/N-ethyl adjacent to an activating group) is 1. The summed E-state index contributed by atoms with van der Waals surface area (Å²) < 4.78 is 7.45. The summed E-state index contributed by atoms with van der Waals surface area (Å²) in [5, 5.41) is 6.23.